The molecule has 0 unspecified atom stereocenters. The highest BCUT2D eigenvalue weighted by Gasteiger charge is 2.44. The molecule has 0 bridgehead atoms. The summed E-state index contributed by atoms with van der Waals surface area (Å²) in [6, 6.07) is 37.7. The van der Waals surface area contributed by atoms with Crippen LogP contribution in [-0.2, 0) is 29.5 Å². The molecule has 0 aliphatic carbocycles. The summed E-state index contributed by atoms with van der Waals surface area (Å²) in [5.74, 6) is 0.158. The van der Waals surface area contributed by atoms with Gasteiger partial charge in [-0.2, -0.15) is 10.2 Å². The third-order valence-electron chi connectivity index (χ3n) is 12.5. The molecule has 5 aromatic rings. The Morgan fingerprint density at radius 3 is 1.59 bits per heavy atom. The van der Waals surface area contributed by atoms with Gasteiger partial charge in [0.15, 0.2) is 0 Å². The van der Waals surface area contributed by atoms with Gasteiger partial charge >= 0.3 is 11.9 Å². The molecular weight excluding hydrogens is 879 g/mol. The standard InChI is InChI=1S/C54H63N5O10/c1-58(2)45-22-20-44(21-23-45)57-56-43-18-10-39(11-19-43)52(64)55-34-8-6-7-9-49(60)59-35-32-53(33-36-59,37-68-51(63)31-30-50(61)62)38-69-54(40-12-24-46(65-3)25-13-40,41-14-26-47(66-4)27-15-41)42-16-28-48(67-5)29-17-42/h10-29H,6-9,30-38H2,1-5H3,(H,55,64)(H,61,62). The molecule has 0 aromatic heterocycles. The van der Waals surface area contributed by atoms with Crippen LogP contribution < -0.4 is 24.4 Å². The smallest absolute Gasteiger partial charge is 0.306 e. The van der Waals surface area contributed by atoms with E-state index in [2.05, 4.69) is 15.5 Å². The van der Waals surface area contributed by atoms with Crippen LogP contribution in [0.3, 0.4) is 0 Å². The summed E-state index contributed by atoms with van der Waals surface area (Å²) in [5.41, 5.74) is 3.49. The van der Waals surface area contributed by atoms with Crippen molar-refractivity contribution in [3.8, 4) is 17.2 Å². The molecule has 5 aromatic carbocycles. The molecule has 1 fully saturated rings. The Morgan fingerprint density at radius 2 is 1.13 bits per heavy atom. The molecule has 1 aliphatic heterocycles. The van der Waals surface area contributed by atoms with E-state index in [4.69, 9.17) is 23.7 Å². The first kappa shape index (κ1) is 51.1. The van der Waals surface area contributed by atoms with E-state index < -0.39 is 23.0 Å². The van der Waals surface area contributed by atoms with Crippen LogP contribution in [0.25, 0.3) is 0 Å². The minimum absolute atomic E-state index is 0.0230. The maximum Gasteiger partial charge on any atom is 0.306 e. The van der Waals surface area contributed by atoms with Crippen LogP contribution in [0.1, 0.15) is 78.4 Å². The molecule has 6 rings (SSSR count). The summed E-state index contributed by atoms with van der Waals surface area (Å²) >= 11 is 0. The molecule has 0 atom stereocenters. The molecule has 15 nitrogen and oxygen atoms in total. The van der Waals surface area contributed by atoms with E-state index in [1.807, 2.05) is 121 Å². The molecule has 1 saturated heterocycles. The zero-order valence-corrected chi connectivity index (χ0v) is 40.1. The minimum atomic E-state index is -1.19. The molecule has 1 heterocycles. The van der Waals surface area contributed by atoms with Gasteiger partial charge in [-0.1, -0.05) is 42.8 Å². The number of ether oxygens (including phenoxy) is 5. The zero-order valence-electron chi connectivity index (χ0n) is 40.1. The third kappa shape index (κ3) is 13.9. The predicted octanol–water partition coefficient (Wildman–Crippen LogP) is 9.51. The fourth-order valence-electron chi connectivity index (χ4n) is 8.22. The quantitative estimate of drug-likeness (QED) is 0.0261. The number of aliphatic carboxylic acids is 1. The lowest BCUT2D eigenvalue weighted by atomic mass is 9.77. The Labute approximate surface area is 404 Å². The van der Waals surface area contributed by atoms with E-state index in [1.165, 1.54) is 0 Å². The van der Waals surface area contributed by atoms with Gasteiger partial charge in [-0.05, 0) is 127 Å². The molecule has 0 radical (unpaired) electrons. The highest BCUT2D eigenvalue weighted by molar-refractivity contribution is 5.94. The Hall–Kier alpha value is -7.26. The van der Waals surface area contributed by atoms with Crippen LogP contribution in [0, 0.1) is 5.41 Å². The van der Waals surface area contributed by atoms with E-state index in [9.17, 15) is 24.3 Å². The van der Waals surface area contributed by atoms with Gasteiger partial charge in [0.05, 0.1) is 58.8 Å². The number of carboxylic acids is 1. The first-order valence-electron chi connectivity index (χ1n) is 23.2. The average Bonchev–Trinajstić information content (AvgIpc) is 3.38. The average molecular weight is 942 g/mol. The van der Waals surface area contributed by atoms with Crippen molar-refractivity contribution in [2.45, 2.75) is 57.0 Å². The van der Waals surface area contributed by atoms with Crippen molar-refractivity contribution in [3.63, 3.8) is 0 Å². The Balaban J connectivity index is 1.08. The molecular formula is C54H63N5O10. The number of likely N-dealkylation sites (tertiary alicyclic amines) is 1. The highest BCUT2D eigenvalue weighted by Crippen LogP contribution is 2.45. The van der Waals surface area contributed by atoms with E-state index in [0.717, 1.165) is 34.5 Å². The Bertz CT molecular complexity index is 2350. The van der Waals surface area contributed by atoms with Gasteiger partial charge in [-0.3, -0.25) is 19.2 Å². The van der Waals surface area contributed by atoms with E-state index >= 15 is 0 Å². The van der Waals surface area contributed by atoms with Crippen molar-refractivity contribution in [1.29, 1.82) is 0 Å². The summed E-state index contributed by atoms with van der Waals surface area (Å²) in [6.45, 7) is 1.40. The van der Waals surface area contributed by atoms with Gasteiger partial charge in [0.2, 0.25) is 5.91 Å². The van der Waals surface area contributed by atoms with E-state index in [1.54, 1.807) is 45.6 Å². The summed E-state index contributed by atoms with van der Waals surface area (Å²) in [4.78, 5) is 54.5. The number of esters is 1. The number of azo groups is 1. The van der Waals surface area contributed by atoms with Crippen molar-refractivity contribution in [1.82, 2.24) is 10.2 Å². The summed E-state index contributed by atoms with van der Waals surface area (Å²) in [7, 11) is 8.78. The first-order valence-corrected chi connectivity index (χ1v) is 23.2. The monoisotopic (exact) mass is 941 g/mol. The van der Waals surface area contributed by atoms with Gasteiger partial charge in [0.1, 0.15) is 22.8 Å². The number of hydrogen-bond donors (Lipinski definition) is 2. The summed E-state index contributed by atoms with van der Waals surface area (Å²) in [6.07, 6.45) is 2.81. The van der Waals surface area contributed by atoms with Gasteiger partial charge in [0.25, 0.3) is 5.91 Å². The zero-order chi connectivity index (χ0) is 49.2. The van der Waals surface area contributed by atoms with E-state index in [0.29, 0.717) is 80.2 Å². The first-order chi connectivity index (χ1) is 33.4. The molecule has 69 heavy (non-hydrogen) atoms. The number of nitrogens with zero attached hydrogens (tertiary/aromatic N) is 4. The highest BCUT2D eigenvalue weighted by atomic mass is 16.5. The summed E-state index contributed by atoms with van der Waals surface area (Å²) < 4.78 is 29.7. The Kier molecular flexibility index (Phi) is 18.3. The van der Waals surface area contributed by atoms with Crippen LogP contribution in [0.4, 0.5) is 17.1 Å². The van der Waals surface area contributed by atoms with Crippen molar-refractivity contribution in [2.75, 3.05) is 73.2 Å². The second-order valence-electron chi connectivity index (χ2n) is 17.3. The Morgan fingerprint density at radius 1 is 0.638 bits per heavy atom. The van der Waals surface area contributed by atoms with Crippen molar-refractivity contribution in [2.24, 2.45) is 15.6 Å². The number of anilines is 1. The molecule has 2 N–H and O–H groups in total. The van der Waals surface area contributed by atoms with Crippen LogP contribution in [0.15, 0.2) is 132 Å². The van der Waals surface area contributed by atoms with Crippen molar-refractivity contribution < 1.29 is 48.0 Å². The third-order valence-corrected chi connectivity index (χ3v) is 12.5. The number of carbonyl (C=O) groups excluding carboxylic acids is 3. The molecule has 2 amide bonds. The molecule has 364 valence electrons. The lowest BCUT2D eigenvalue weighted by Crippen LogP contribution is -2.49. The lowest BCUT2D eigenvalue weighted by molar-refractivity contribution is -0.157. The van der Waals surface area contributed by atoms with Crippen LogP contribution in [0.2, 0.25) is 0 Å². The number of rotatable bonds is 24. The fourth-order valence-corrected chi connectivity index (χ4v) is 8.22. The SMILES string of the molecule is COc1ccc(C(OCC2(COC(=O)CCC(=O)O)CCN(C(=O)CCCCCNC(=O)c3ccc(N=Nc4ccc(N(C)C)cc4)cc3)CC2)(c2ccc(OC)cc2)c2ccc(OC)cc2)cc1. The van der Waals surface area contributed by atoms with Crippen molar-refractivity contribution >= 4 is 40.8 Å². The molecule has 0 spiro atoms. The normalized spacial score (nSPS) is 13.4. The van der Waals surface area contributed by atoms with Crippen LogP contribution in [0.5, 0.6) is 17.2 Å². The van der Waals surface area contributed by atoms with Crippen LogP contribution >= 0.6 is 0 Å². The van der Waals surface area contributed by atoms with E-state index in [-0.39, 0.29) is 37.9 Å². The topological polar surface area (TPSA) is 178 Å². The van der Waals surface area contributed by atoms with Gasteiger partial charge < -0.3 is 43.9 Å². The van der Waals surface area contributed by atoms with Gasteiger partial charge in [-0.25, -0.2) is 0 Å². The summed E-state index contributed by atoms with van der Waals surface area (Å²) in [5, 5.41) is 20.8. The van der Waals surface area contributed by atoms with Gasteiger partial charge in [-0.15, -0.1) is 0 Å². The lowest BCUT2D eigenvalue weighted by Gasteiger charge is -2.44. The van der Waals surface area contributed by atoms with Crippen molar-refractivity contribution in [3.05, 3.63) is 144 Å². The number of methoxy groups -OCH3 is 3. The number of amides is 2. The molecule has 0 saturated carbocycles. The predicted molar refractivity (Wildman–Crippen MR) is 263 cm³/mol. The number of unbranched alkanes of at least 4 members (excludes halogenated alkanes) is 2. The number of hydrogen-bond acceptors (Lipinski definition) is 12. The molecule has 1 aliphatic rings. The number of carboxylic acid groups (broad SMARTS) is 1. The van der Waals surface area contributed by atoms with Gasteiger partial charge in [0, 0.05) is 56.8 Å². The molecule has 15 heteroatoms. The number of benzene rings is 5. The fraction of sp³-hybridized carbons (Fsp3) is 0.370. The second-order valence-corrected chi connectivity index (χ2v) is 17.3. The minimum Gasteiger partial charge on any atom is -0.497 e. The second kappa shape index (κ2) is 24.7. The maximum absolute atomic E-state index is 13.6. The maximum atomic E-state index is 13.6. The van der Waals surface area contributed by atoms with Crippen LogP contribution in [-0.4, -0.2) is 102 Å². The number of nitrogens with one attached hydrogen (secondary N) is 1. The number of carbonyl (C=O) groups is 4. The number of piperidine rings is 1. The largest absolute Gasteiger partial charge is 0.497 e.